The van der Waals surface area contributed by atoms with Crippen molar-refractivity contribution >= 4 is 67.6 Å². The molecule has 0 aliphatic carbocycles. The molecule has 3 rings (SSSR count). The van der Waals surface area contributed by atoms with Crippen LogP contribution in [0.3, 0.4) is 0 Å². The van der Waals surface area contributed by atoms with Gasteiger partial charge in [0.2, 0.25) is 0 Å². The first-order chi connectivity index (χ1) is 14.8. The van der Waals surface area contributed by atoms with Crippen molar-refractivity contribution in [2.45, 2.75) is 20.3 Å². The summed E-state index contributed by atoms with van der Waals surface area (Å²) in [5, 5.41) is 0. The van der Waals surface area contributed by atoms with Crippen molar-refractivity contribution in [3.63, 3.8) is 0 Å². The summed E-state index contributed by atoms with van der Waals surface area (Å²) in [6.45, 7) is 5.10. The molecule has 1 fully saturated rings. The molecule has 164 valence electrons. The fraction of sp³-hybridized carbons (Fsp3) is 0.304. The number of benzene rings is 2. The molecule has 0 spiro atoms. The van der Waals surface area contributed by atoms with Crippen LogP contribution in [0, 0.1) is 0 Å². The second-order valence-corrected chi connectivity index (χ2v) is 9.57. The van der Waals surface area contributed by atoms with E-state index in [9.17, 15) is 4.79 Å². The predicted octanol–water partition coefficient (Wildman–Crippen LogP) is 6.11. The molecule has 0 saturated carbocycles. The van der Waals surface area contributed by atoms with Gasteiger partial charge in [-0.25, -0.2) is 0 Å². The molecule has 1 aliphatic heterocycles. The van der Waals surface area contributed by atoms with Gasteiger partial charge in [-0.05, 0) is 77.3 Å². The number of rotatable bonds is 8. The van der Waals surface area contributed by atoms with E-state index in [2.05, 4.69) is 22.9 Å². The van der Waals surface area contributed by atoms with E-state index in [1.807, 2.05) is 68.4 Å². The summed E-state index contributed by atoms with van der Waals surface area (Å²) in [7, 11) is 3.95. The summed E-state index contributed by atoms with van der Waals surface area (Å²) < 4.78 is 12.9. The molecular weight excluding hydrogens is 496 g/mol. The lowest BCUT2D eigenvalue weighted by atomic mass is 10.1. The molecule has 1 heterocycles. The molecule has 31 heavy (non-hydrogen) atoms. The maximum atomic E-state index is 13.1. The number of thiocarbonyl (C=S) groups is 1. The van der Waals surface area contributed by atoms with E-state index in [0.29, 0.717) is 33.9 Å². The fourth-order valence-corrected chi connectivity index (χ4v) is 4.89. The lowest BCUT2D eigenvalue weighted by Crippen LogP contribution is -2.27. The molecule has 0 bridgehead atoms. The van der Waals surface area contributed by atoms with E-state index in [4.69, 9.17) is 21.7 Å². The maximum Gasteiger partial charge on any atom is 0.270 e. The highest BCUT2D eigenvalue weighted by Gasteiger charge is 2.33. The lowest BCUT2D eigenvalue weighted by molar-refractivity contribution is -0.113. The minimum Gasteiger partial charge on any atom is -0.490 e. The number of ether oxygens (including phenoxy) is 2. The number of nitrogens with zero attached hydrogens (tertiary/aromatic N) is 2. The highest BCUT2D eigenvalue weighted by atomic mass is 79.9. The second kappa shape index (κ2) is 10.5. The zero-order chi connectivity index (χ0) is 22.5. The summed E-state index contributed by atoms with van der Waals surface area (Å²) >= 11 is 10.4. The number of carbonyl (C=O) groups is 1. The van der Waals surface area contributed by atoms with Gasteiger partial charge in [0.25, 0.3) is 5.91 Å². The summed E-state index contributed by atoms with van der Waals surface area (Å²) in [5.74, 6) is 1.19. The highest BCUT2D eigenvalue weighted by Crippen LogP contribution is 2.40. The van der Waals surface area contributed by atoms with Crippen LogP contribution in [-0.2, 0) is 4.79 Å². The molecular formula is C23H25BrN2O3S2. The highest BCUT2D eigenvalue weighted by molar-refractivity contribution is 9.10. The molecule has 2 aromatic carbocycles. The topological polar surface area (TPSA) is 42.0 Å². The molecule has 1 aliphatic rings. The van der Waals surface area contributed by atoms with Gasteiger partial charge in [0.15, 0.2) is 15.8 Å². The van der Waals surface area contributed by atoms with Crippen LogP contribution in [0.25, 0.3) is 6.08 Å². The number of amides is 1. The van der Waals surface area contributed by atoms with Crippen LogP contribution in [0.15, 0.2) is 45.8 Å². The van der Waals surface area contributed by atoms with Crippen LogP contribution in [0.5, 0.6) is 11.5 Å². The van der Waals surface area contributed by atoms with E-state index in [-0.39, 0.29) is 5.91 Å². The minimum atomic E-state index is -0.131. The number of hydrogen-bond acceptors (Lipinski definition) is 6. The van der Waals surface area contributed by atoms with Crippen LogP contribution >= 0.6 is 39.9 Å². The maximum absolute atomic E-state index is 13.1. The Kier molecular flexibility index (Phi) is 8.02. The third-order valence-corrected chi connectivity index (χ3v) is 6.39. The Bertz CT molecular complexity index is 1010. The number of halogens is 1. The van der Waals surface area contributed by atoms with Gasteiger partial charge in [0, 0.05) is 19.8 Å². The summed E-state index contributed by atoms with van der Waals surface area (Å²) in [4.78, 5) is 17.3. The van der Waals surface area contributed by atoms with Gasteiger partial charge in [0.05, 0.1) is 28.3 Å². The summed E-state index contributed by atoms with van der Waals surface area (Å²) in [6.07, 6.45) is 2.74. The van der Waals surface area contributed by atoms with Gasteiger partial charge in [-0.1, -0.05) is 30.9 Å². The molecule has 0 radical (unpaired) electrons. The lowest BCUT2D eigenvalue weighted by Gasteiger charge is -2.17. The molecule has 1 saturated heterocycles. The largest absolute Gasteiger partial charge is 0.490 e. The van der Waals surface area contributed by atoms with Gasteiger partial charge in [0.1, 0.15) is 0 Å². The van der Waals surface area contributed by atoms with Crippen molar-refractivity contribution < 1.29 is 14.3 Å². The van der Waals surface area contributed by atoms with E-state index >= 15 is 0 Å². The zero-order valence-electron chi connectivity index (χ0n) is 18.0. The average molecular weight is 522 g/mol. The second-order valence-electron chi connectivity index (χ2n) is 7.04. The Morgan fingerprint density at radius 2 is 1.87 bits per heavy atom. The molecule has 0 unspecified atom stereocenters. The van der Waals surface area contributed by atoms with Gasteiger partial charge in [-0.2, -0.15) is 0 Å². The van der Waals surface area contributed by atoms with E-state index in [1.165, 1.54) is 11.8 Å². The fourth-order valence-electron chi connectivity index (χ4n) is 3.02. The Morgan fingerprint density at radius 1 is 1.16 bits per heavy atom. The van der Waals surface area contributed by atoms with Crippen molar-refractivity contribution in [3.8, 4) is 11.5 Å². The van der Waals surface area contributed by atoms with E-state index < -0.39 is 0 Å². The summed E-state index contributed by atoms with van der Waals surface area (Å²) in [5.41, 5.74) is 2.65. The average Bonchev–Trinajstić information content (AvgIpc) is 3.00. The first kappa shape index (κ1) is 23.6. The van der Waals surface area contributed by atoms with Gasteiger partial charge < -0.3 is 14.4 Å². The Labute approximate surface area is 201 Å². The van der Waals surface area contributed by atoms with Crippen molar-refractivity contribution in [1.82, 2.24) is 0 Å². The minimum absolute atomic E-state index is 0.131. The zero-order valence-corrected chi connectivity index (χ0v) is 21.2. The summed E-state index contributed by atoms with van der Waals surface area (Å²) in [6, 6.07) is 11.6. The molecule has 1 amide bonds. The van der Waals surface area contributed by atoms with Crippen molar-refractivity contribution in [1.29, 1.82) is 0 Å². The number of hydrogen-bond donors (Lipinski definition) is 0. The Hall–Kier alpha value is -2.03. The van der Waals surface area contributed by atoms with Crippen LogP contribution in [0.4, 0.5) is 11.4 Å². The Morgan fingerprint density at radius 3 is 2.48 bits per heavy atom. The molecule has 2 aromatic rings. The molecule has 0 aromatic heterocycles. The number of carbonyl (C=O) groups excluding carboxylic acids is 1. The molecule has 5 nitrogen and oxygen atoms in total. The standard InChI is InChI=1S/C23H25BrN2O3S2/c1-5-11-29-21-18(24)12-15(13-19(21)28-6-2)14-20-22(27)26(23(30)31-20)17-9-7-16(8-10-17)25(3)4/h7-10,12-14H,5-6,11H2,1-4H3/b20-14-. The van der Waals surface area contributed by atoms with E-state index in [0.717, 1.165) is 27.8 Å². The number of thioether (sulfide) groups is 1. The van der Waals surface area contributed by atoms with Gasteiger partial charge in [-0.15, -0.1) is 0 Å². The van der Waals surface area contributed by atoms with Crippen molar-refractivity contribution in [2.24, 2.45) is 0 Å². The third kappa shape index (κ3) is 5.42. The van der Waals surface area contributed by atoms with Crippen LogP contribution in [0.2, 0.25) is 0 Å². The van der Waals surface area contributed by atoms with Gasteiger partial charge >= 0.3 is 0 Å². The molecule has 0 N–H and O–H groups in total. The van der Waals surface area contributed by atoms with E-state index in [1.54, 1.807) is 4.90 Å². The first-order valence-electron chi connectivity index (χ1n) is 10.00. The predicted molar refractivity (Wildman–Crippen MR) is 138 cm³/mol. The van der Waals surface area contributed by atoms with Gasteiger partial charge in [-0.3, -0.25) is 9.69 Å². The normalized spacial score (nSPS) is 15.0. The smallest absolute Gasteiger partial charge is 0.270 e. The monoisotopic (exact) mass is 520 g/mol. The van der Waals surface area contributed by atoms with Crippen molar-refractivity contribution in [2.75, 3.05) is 37.1 Å². The molecule has 0 atom stereocenters. The van der Waals surface area contributed by atoms with Crippen LogP contribution in [-0.4, -0.2) is 37.5 Å². The van der Waals surface area contributed by atoms with Crippen LogP contribution < -0.4 is 19.3 Å². The Balaban J connectivity index is 1.90. The number of anilines is 2. The quantitative estimate of drug-likeness (QED) is 0.309. The first-order valence-corrected chi connectivity index (χ1v) is 12.0. The third-order valence-electron chi connectivity index (χ3n) is 4.50. The SMILES string of the molecule is CCCOc1c(Br)cc(/C=C2\SC(=S)N(c3ccc(N(C)C)cc3)C2=O)cc1OCC. The van der Waals surface area contributed by atoms with Crippen LogP contribution in [0.1, 0.15) is 25.8 Å². The molecule has 8 heteroatoms. The van der Waals surface area contributed by atoms with Crippen molar-refractivity contribution in [3.05, 3.63) is 51.3 Å².